The Morgan fingerprint density at radius 2 is 1.83 bits per heavy atom. The van der Waals surface area contributed by atoms with Crippen LogP contribution in [0.2, 0.25) is 0 Å². The summed E-state index contributed by atoms with van der Waals surface area (Å²) in [5.41, 5.74) is 0.708. The molecule has 5 heteroatoms. The summed E-state index contributed by atoms with van der Waals surface area (Å²) in [7, 11) is 0. The van der Waals surface area contributed by atoms with Crippen molar-refractivity contribution in [2.75, 3.05) is 0 Å². The summed E-state index contributed by atoms with van der Waals surface area (Å²) in [4.78, 5) is 8.51. The summed E-state index contributed by atoms with van der Waals surface area (Å²) in [6, 6.07) is 5.05. The SMILES string of the molecule is CC(C)c1nc(Br)cc(-c2ccc(F)cc2F)n1. The molecular weight excluding hydrogens is 302 g/mol. The maximum Gasteiger partial charge on any atom is 0.135 e. The van der Waals surface area contributed by atoms with E-state index >= 15 is 0 Å². The van der Waals surface area contributed by atoms with E-state index in [-0.39, 0.29) is 11.5 Å². The van der Waals surface area contributed by atoms with Gasteiger partial charge >= 0.3 is 0 Å². The van der Waals surface area contributed by atoms with E-state index in [0.717, 1.165) is 6.07 Å². The average Bonchev–Trinajstić information content (AvgIpc) is 2.27. The molecule has 94 valence electrons. The predicted octanol–water partition coefficient (Wildman–Crippen LogP) is 4.31. The summed E-state index contributed by atoms with van der Waals surface area (Å²) in [5.74, 6) is -0.489. The van der Waals surface area contributed by atoms with Crippen molar-refractivity contribution in [1.82, 2.24) is 9.97 Å². The Bertz CT molecular complexity index is 585. The molecule has 0 N–H and O–H groups in total. The monoisotopic (exact) mass is 312 g/mol. The van der Waals surface area contributed by atoms with Crippen LogP contribution in [0.25, 0.3) is 11.3 Å². The van der Waals surface area contributed by atoms with Gasteiger partial charge in [-0.15, -0.1) is 0 Å². The van der Waals surface area contributed by atoms with E-state index in [0.29, 0.717) is 16.1 Å². The van der Waals surface area contributed by atoms with Gasteiger partial charge in [-0.1, -0.05) is 13.8 Å². The smallest absolute Gasteiger partial charge is 0.135 e. The van der Waals surface area contributed by atoms with Crippen LogP contribution in [0.15, 0.2) is 28.9 Å². The standard InChI is InChI=1S/C13H11BrF2N2/c1-7(2)13-17-11(6-12(14)18-13)9-4-3-8(15)5-10(9)16/h3-7H,1-2H3. The highest BCUT2D eigenvalue weighted by atomic mass is 79.9. The molecule has 1 aromatic carbocycles. The fourth-order valence-corrected chi connectivity index (χ4v) is 1.93. The largest absolute Gasteiger partial charge is 0.232 e. The number of nitrogens with zero attached hydrogens (tertiary/aromatic N) is 2. The molecule has 0 aliphatic carbocycles. The van der Waals surface area contributed by atoms with Crippen molar-refractivity contribution in [3.8, 4) is 11.3 Å². The zero-order chi connectivity index (χ0) is 13.3. The first-order chi connectivity index (χ1) is 8.47. The van der Waals surface area contributed by atoms with Gasteiger partial charge in [0.2, 0.25) is 0 Å². The van der Waals surface area contributed by atoms with Gasteiger partial charge in [0, 0.05) is 17.5 Å². The topological polar surface area (TPSA) is 25.8 Å². The lowest BCUT2D eigenvalue weighted by atomic mass is 10.1. The van der Waals surface area contributed by atoms with Crippen LogP contribution >= 0.6 is 15.9 Å². The minimum absolute atomic E-state index is 0.129. The Morgan fingerprint density at radius 1 is 1.11 bits per heavy atom. The molecule has 0 atom stereocenters. The molecule has 0 aliphatic rings. The summed E-state index contributed by atoms with van der Waals surface area (Å²) in [6.45, 7) is 3.90. The van der Waals surface area contributed by atoms with E-state index in [1.807, 2.05) is 13.8 Å². The number of hydrogen-bond acceptors (Lipinski definition) is 2. The second-order valence-electron chi connectivity index (χ2n) is 4.21. The van der Waals surface area contributed by atoms with Gasteiger partial charge in [-0.3, -0.25) is 0 Å². The minimum Gasteiger partial charge on any atom is -0.232 e. The van der Waals surface area contributed by atoms with Crippen LogP contribution in [-0.4, -0.2) is 9.97 Å². The molecule has 0 fully saturated rings. The van der Waals surface area contributed by atoms with E-state index in [1.54, 1.807) is 6.07 Å². The number of rotatable bonds is 2. The van der Waals surface area contributed by atoms with E-state index in [1.165, 1.54) is 12.1 Å². The molecular formula is C13H11BrF2N2. The summed E-state index contributed by atoms with van der Waals surface area (Å²) in [5, 5.41) is 0. The fraction of sp³-hybridized carbons (Fsp3) is 0.231. The van der Waals surface area contributed by atoms with Crippen LogP contribution in [0.1, 0.15) is 25.6 Å². The van der Waals surface area contributed by atoms with Crippen LogP contribution in [0.5, 0.6) is 0 Å². The van der Waals surface area contributed by atoms with Crippen molar-refractivity contribution in [2.24, 2.45) is 0 Å². The molecule has 0 spiro atoms. The van der Waals surface area contributed by atoms with Gasteiger partial charge in [-0.2, -0.15) is 0 Å². The Labute approximate surface area is 112 Å². The van der Waals surface area contributed by atoms with Crippen LogP contribution in [0.3, 0.4) is 0 Å². The van der Waals surface area contributed by atoms with Gasteiger partial charge in [-0.05, 0) is 34.1 Å². The third-order valence-electron chi connectivity index (χ3n) is 2.44. The third kappa shape index (κ3) is 2.72. The van der Waals surface area contributed by atoms with Gasteiger partial charge in [0.25, 0.3) is 0 Å². The van der Waals surface area contributed by atoms with Crippen LogP contribution < -0.4 is 0 Å². The van der Waals surface area contributed by atoms with Gasteiger partial charge < -0.3 is 0 Å². The maximum atomic E-state index is 13.7. The fourth-order valence-electron chi connectivity index (χ4n) is 1.53. The first-order valence-corrected chi connectivity index (χ1v) is 6.26. The second kappa shape index (κ2) is 5.10. The van der Waals surface area contributed by atoms with Gasteiger partial charge in [0.05, 0.1) is 5.69 Å². The Balaban J connectivity index is 2.56. The number of hydrogen-bond donors (Lipinski definition) is 0. The number of aromatic nitrogens is 2. The van der Waals surface area contributed by atoms with Crippen molar-refractivity contribution in [3.63, 3.8) is 0 Å². The molecule has 0 saturated heterocycles. The average molecular weight is 313 g/mol. The molecule has 0 amide bonds. The molecule has 0 aliphatic heterocycles. The zero-order valence-corrected chi connectivity index (χ0v) is 11.5. The predicted molar refractivity (Wildman–Crippen MR) is 69.2 cm³/mol. The molecule has 2 rings (SSSR count). The molecule has 0 unspecified atom stereocenters. The normalized spacial score (nSPS) is 11.0. The maximum absolute atomic E-state index is 13.7. The second-order valence-corrected chi connectivity index (χ2v) is 5.03. The van der Waals surface area contributed by atoms with Crippen molar-refractivity contribution >= 4 is 15.9 Å². The lowest BCUT2D eigenvalue weighted by Crippen LogP contribution is -2.00. The molecule has 2 nitrogen and oxygen atoms in total. The highest BCUT2D eigenvalue weighted by molar-refractivity contribution is 9.10. The van der Waals surface area contributed by atoms with Crippen molar-refractivity contribution in [3.05, 3.63) is 46.3 Å². The first-order valence-electron chi connectivity index (χ1n) is 5.47. The summed E-state index contributed by atoms with van der Waals surface area (Å²) >= 11 is 3.27. The molecule has 18 heavy (non-hydrogen) atoms. The summed E-state index contributed by atoms with van der Waals surface area (Å²) in [6.07, 6.45) is 0. The third-order valence-corrected chi connectivity index (χ3v) is 2.84. The van der Waals surface area contributed by atoms with E-state index in [9.17, 15) is 8.78 Å². The number of benzene rings is 1. The van der Waals surface area contributed by atoms with Gasteiger partial charge in [-0.25, -0.2) is 18.7 Å². The summed E-state index contributed by atoms with van der Waals surface area (Å²) < 4.78 is 27.1. The van der Waals surface area contributed by atoms with Crippen LogP contribution in [0, 0.1) is 11.6 Å². The first kappa shape index (κ1) is 13.1. The highest BCUT2D eigenvalue weighted by Crippen LogP contribution is 2.25. The Kier molecular flexibility index (Phi) is 3.71. The quantitative estimate of drug-likeness (QED) is 0.772. The molecule has 0 radical (unpaired) electrons. The lowest BCUT2D eigenvalue weighted by molar-refractivity contribution is 0.585. The van der Waals surface area contributed by atoms with Gasteiger partial charge in [0.1, 0.15) is 22.1 Å². The van der Waals surface area contributed by atoms with Crippen LogP contribution in [-0.2, 0) is 0 Å². The van der Waals surface area contributed by atoms with E-state index < -0.39 is 11.6 Å². The van der Waals surface area contributed by atoms with Crippen molar-refractivity contribution in [2.45, 2.75) is 19.8 Å². The van der Waals surface area contributed by atoms with Crippen LogP contribution in [0.4, 0.5) is 8.78 Å². The van der Waals surface area contributed by atoms with Crippen molar-refractivity contribution in [1.29, 1.82) is 0 Å². The zero-order valence-electron chi connectivity index (χ0n) is 9.92. The number of halogens is 3. The molecule has 1 heterocycles. The van der Waals surface area contributed by atoms with E-state index in [2.05, 4.69) is 25.9 Å². The Morgan fingerprint density at radius 3 is 2.44 bits per heavy atom. The minimum atomic E-state index is -0.629. The molecule has 2 aromatic rings. The highest BCUT2D eigenvalue weighted by Gasteiger charge is 2.12. The molecule has 0 saturated carbocycles. The van der Waals surface area contributed by atoms with E-state index in [4.69, 9.17) is 0 Å². The molecule has 1 aromatic heterocycles. The lowest BCUT2D eigenvalue weighted by Gasteiger charge is -2.08. The van der Waals surface area contributed by atoms with Crippen molar-refractivity contribution < 1.29 is 8.78 Å². The molecule has 0 bridgehead atoms. The Hall–Kier alpha value is -1.36. The van der Waals surface area contributed by atoms with Gasteiger partial charge in [0.15, 0.2) is 0 Å².